The number of hydrogen-bond acceptors (Lipinski definition) is 7. The first-order valence-electron chi connectivity index (χ1n) is 8.72. The molecule has 1 N–H and O–H groups in total. The second kappa shape index (κ2) is 9.65. The third-order valence-electron chi connectivity index (χ3n) is 4.43. The molecule has 2 rings (SSSR count). The molecule has 0 bridgehead atoms. The highest BCUT2D eigenvalue weighted by Gasteiger charge is 2.30. The summed E-state index contributed by atoms with van der Waals surface area (Å²) in [6.45, 7) is 0. The van der Waals surface area contributed by atoms with E-state index in [1.807, 2.05) is 0 Å². The van der Waals surface area contributed by atoms with Crippen LogP contribution in [0.1, 0.15) is 48.9 Å². The van der Waals surface area contributed by atoms with Crippen LogP contribution in [0.5, 0.6) is 5.75 Å². The van der Waals surface area contributed by atoms with Gasteiger partial charge in [-0.2, -0.15) is 0 Å². The molecule has 1 aliphatic carbocycles. The molecule has 1 atom stereocenters. The van der Waals surface area contributed by atoms with Crippen molar-refractivity contribution in [1.82, 2.24) is 5.32 Å². The molecule has 1 aromatic rings. The molecule has 27 heavy (non-hydrogen) atoms. The zero-order valence-electron chi connectivity index (χ0n) is 15.0. The predicted octanol–water partition coefficient (Wildman–Crippen LogP) is 2.17. The predicted molar refractivity (Wildman–Crippen MR) is 94.5 cm³/mol. The van der Waals surface area contributed by atoms with Crippen molar-refractivity contribution in [1.29, 1.82) is 0 Å². The number of nitro benzene ring substituents is 1. The van der Waals surface area contributed by atoms with Crippen LogP contribution in [-0.2, 0) is 14.3 Å². The van der Waals surface area contributed by atoms with Crippen LogP contribution in [0, 0.1) is 10.1 Å². The van der Waals surface area contributed by atoms with E-state index in [1.54, 1.807) is 0 Å². The highest BCUT2D eigenvalue weighted by Crippen LogP contribution is 2.31. The number of hydrogen-bond donors (Lipinski definition) is 1. The lowest BCUT2D eigenvalue weighted by molar-refractivity contribution is -0.386. The maximum Gasteiger partial charge on any atom is 0.321 e. The van der Waals surface area contributed by atoms with Crippen LogP contribution >= 0.6 is 0 Å². The Balaban J connectivity index is 2.24. The van der Waals surface area contributed by atoms with Gasteiger partial charge in [0, 0.05) is 6.04 Å². The number of esters is 1. The number of carbonyl (C=O) groups is 3. The molecule has 1 unspecified atom stereocenters. The molecule has 0 aliphatic heterocycles. The van der Waals surface area contributed by atoms with E-state index in [0.29, 0.717) is 6.29 Å². The van der Waals surface area contributed by atoms with Gasteiger partial charge in [-0.3, -0.25) is 24.5 Å². The summed E-state index contributed by atoms with van der Waals surface area (Å²) in [5.74, 6) is -1.48. The highest BCUT2D eigenvalue weighted by molar-refractivity contribution is 5.87. The molecule has 1 amide bonds. The number of nitrogens with zero attached hydrogens (tertiary/aromatic N) is 1. The first-order valence-corrected chi connectivity index (χ1v) is 8.72. The van der Waals surface area contributed by atoms with Crippen molar-refractivity contribution in [2.75, 3.05) is 7.11 Å². The Morgan fingerprint density at radius 3 is 2.63 bits per heavy atom. The molecule has 1 fully saturated rings. The van der Waals surface area contributed by atoms with Crippen molar-refractivity contribution in [3.63, 3.8) is 0 Å². The Kier molecular flexibility index (Phi) is 7.27. The first kappa shape index (κ1) is 20.3. The fourth-order valence-electron chi connectivity index (χ4n) is 3.04. The number of aldehydes is 1. The zero-order chi connectivity index (χ0) is 19.8. The Labute approximate surface area is 156 Å². The van der Waals surface area contributed by atoms with E-state index in [4.69, 9.17) is 4.74 Å². The van der Waals surface area contributed by atoms with Gasteiger partial charge in [0.2, 0.25) is 0 Å². The van der Waals surface area contributed by atoms with Crippen molar-refractivity contribution < 1.29 is 28.8 Å². The van der Waals surface area contributed by atoms with Gasteiger partial charge in [0.25, 0.3) is 5.91 Å². The lowest BCUT2D eigenvalue weighted by Gasteiger charge is -2.25. The van der Waals surface area contributed by atoms with Crippen LogP contribution in [-0.4, -0.2) is 42.3 Å². The highest BCUT2D eigenvalue weighted by atomic mass is 16.6. The second-order valence-electron chi connectivity index (χ2n) is 6.30. The molecule has 9 nitrogen and oxygen atoms in total. The van der Waals surface area contributed by atoms with Gasteiger partial charge in [0.05, 0.1) is 24.0 Å². The fourth-order valence-corrected chi connectivity index (χ4v) is 3.04. The van der Waals surface area contributed by atoms with E-state index in [0.717, 1.165) is 32.1 Å². The van der Waals surface area contributed by atoms with Crippen LogP contribution in [0.15, 0.2) is 18.2 Å². The van der Waals surface area contributed by atoms with Crippen LogP contribution in [0.3, 0.4) is 0 Å². The SMILES string of the molecule is COC(=O)CC(Oc1cccc(C=O)c1[N+](=O)[O-])C(=O)NC1CCCCC1. The fraction of sp³-hybridized carbons (Fsp3) is 0.500. The van der Waals surface area contributed by atoms with Gasteiger partial charge in [-0.15, -0.1) is 0 Å². The Morgan fingerprint density at radius 2 is 2.04 bits per heavy atom. The molecule has 0 saturated heterocycles. The summed E-state index contributed by atoms with van der Waals surface area (Å²) in [6.07, 6.45) is 3.40. The molecule has 0 aromatic heterocycles. The quantitative estimate of drug-likeness (QED) is 0.318. The van der Waals surface area contributed by atoms with E-state index in [9.17, 15) is 24.5 Å². The largest absolute Gasteiger partial charge is 0.473 e. The number of amides is 1. The molecule has 1 aliphatic rings. The topological polar surface area (TPSA) is 125 Å². The number of rotatable bonds is 8. The molecular weight excluding hydrogens is 356 g/mol. The van der Waals surface area contributed by atoms with Crippen LogP contribution in [0.4, 0.5) is 5.69 Å². The van der Waals surface area contributed by atoms with E-state index in [2.05, 4.69) is 10.1 Å². The lowest BCUT2D eigenvalue weighted by atomic mass is 9.95. The van der Waals surface area contributed by atoms with E-state index in [1.165, 1.54) is 25.3 Å². The van der Waals surface area contributed by atoms with Gasteiger partial charge in [0.1, 0.15) is 0 Å². The molecule has 0 spiro atoms. The monoisotopic (exact) mass is 378 g/mol. The summed E-state index contributed by atoms with van der Waals surface area (Å²) >= 11 is 0. The Hall–Kier alpha value is -2.97. The molecule has 0 heterocycles. The second-order valence-corrected chi connectivity index (χ2v) is 6.30. The number of carbonyl (C=O) groups excluding carboxylic acids is 3. The van der Waals surface area contributed by atoms with E-state index < -0.39 is 35.0 Å². The standard InChI is InChI=1S/C18H22N2O7/c1-26-16(22)10-15(18(23)19-13-7-3-2-4-8-13)27-14-9-5-6-12(11-21)17(14)20(24)25/h5-6,9,11,13,15H,2-4,7-8,10H2,1H3,(H,19,23). The van der Waals surface area contributed by atoms with Crippen LogP contribution in [0.25, 0.3) is 0 Å². The van der Waals surface area contributed by atoms with Crippen molar-refractivity contribution in [2.24, 2.45) is 0 Å². The maximum absolute atomic E-state index is 12.6. The smallest absolute Gasteiger partial charge is 0.321 e. The van der Waals surface area contributed by atoms with Crippen molar-refractivity contribution in [3.8, 4) is 5.75 Å². The number of nitrogens with one attached hydrogen (secondary N) is 1. The van der Waals surface area contributed by atoms with Crippen LogP contribution < -0.4 is 10.1 Å². The minimum absolute atomic E-state index is 0.0220. The van der Waals surface area contributed by atoms with E-state index in [-0.39, 0.29) is 17.4 Å². The van der Waals surface area contributed by atoms with Gasteiger partial charge in [-0.25, -0.2) is 0 Å². The zero-order valence-corrected chi connectivity index (χ0v) is 15.0. The molecule has 146 valence electrons. The first-order chi connectivity index (χ1) is 13.0. The minimum Gasteiger partial charge on any atom is -0.473 e. The average molecular weight is 378 g/mol. The summed E-state index contributed by atoms with van der Waals surface area (Å²) in [5.41, 5.74) is -0.727. The number of nitro groups is 1. The third kappa shape index (κ3) is 5.50. The van der Waals surface area contributed by atoms with Crippen molar-refractivity contribution in [3.05, 3.63) is 33.9 Å². The number of benzene rings is 1. The van der Waals surface area contributed by atoms with Crippen LogP contribution in [0.2, 0.25) is 0 Å². The number of para-hydroxylation sites is 1. The lowest BCUT2D eigenvalue weighted by Crippen LogP contribution is -2.45. The van der Waals surface area contributed by atoms with Gasteiger partial charge < -0.3 is 14.8 Å². The molecule has 0 radical (unpaired) electrons. The normalized spacial score (nSPS) is 15.4. The Morgan fingerprint density at radius 1 is 1.33 bits per heavy atom. The third-order valence-corrected chi connectivity index (χ3v) is 4.43. The number of ether oxygens (including phenoxy) is 2. The molecule has 9 heteroatoms. The summed E-state index contributed by atoms with van der Waals surface area (Å²) in [7, 11) is 1.17. The summed E-state index contributed by atoms with van der Waals surface area (Å²) < 4.78 is 10.1. The van der Waals surface area contributed by atoms with Crippen molar-refractivity contribution >= 4 is 23.9 Å². The van der Waals surface area contributed by atoms with Crippen molar-refractivity contribution in [2.45, 2.75) is 50.7 Å². The molecule has 1 saturated carbocycles. The minimum atomic E-state index is -1.31. The Bertz CT molecular complexity index is 714. The van der Waals surface area contributed by atoms with Gasteiger partial charge >= 0.3 is 11.7 Å². The van der Waals surface area contributed by atoms with Gasteiger partial charge in [-0.05, 0) is 25.0 Å². The summed E-state index contributed by atoms with van der Waals surface area (Å²) in [5, 5.41) is 14.2. The van der Waals surface area contributed by atoms with Gasteiger partial charge in [-0.1, -0.05) is 25.3 Å². The maximum atomic E-state index is 12.6. The summed E-state index contributed by atoms with van der Waals surface area (Å²) in [4.78, 5) is 45.9. The molecular formula is C18H22N2O7. The average Bonchev–Trinajstić information content (AvgIpc) is 2.67. The van der Waals surface area contributed by atoms with E-state index >= 15 is 0 Å². The summed E-state index contributed by atoms with van der Waals surface area (Å²) in [6, 6.07) is 3.94. The number of methoxy groups -OCH3 is 1. The van der Waals surface area contributed by atoms with Gasteiger partial charge in [0.15, 0.2) is 18.1 Å². The molecule has 1 aromatic carbocycles.